The highest BCUT2D eigenvalue weighted by Gasteiger charge is 2.37. The fourth-order valence-corrected chi connectivity index (χ4v) is 2.35. The number of amides is 1. The number of benzene rings is 1. The third kappa shape index (κ3) is 1.87. The number of anilines is 1. The van der Waals surface area contributed by atoms with Gasteiger partial charge in [0.15, 0.2) is 0 Å². The predicted octanol–water partition coefficient (Wildman–Crippen LogP) is 2.26. The zero-order valence-corrected chi connectivity index (χ0v) is 10.8. The molecule has 1 aromatic heterocycles. The number of pyridine rings is 1. The summed E-state index contributed by atoms with van der Waals surface area (Å²) in [6, 6.07) is 5.99. The quantitative estimate of drug-likeness (QED) is 0.786. The van der Waals surface area contributed by atoms with Crippen LogP contribution < -0.4 is 4.90 Å². The minimum absolute atomic E-state index is 0.0593. The molecule has 0 saturated heterocycles. The number of halogens is 1. The fourth-order valence-electron chi connectivity index (χ4n) is 2.35. The highest BCUT2D eigenvalue weighted by Crippen LogP contribution is 2.32. The van der Waals surface area contributed by atoms with Crippen molar-refractivity contribution >= 4 is 17.4 Å². The van der Waals surface area contributed by atoms with Crippen LogP contribution in [-0.4, -0.2) is 16.7 Å². The molecule has 0 atom stereocenters. The van der Waals surface area contributed by atoms with Gasteiger partial charge in [0.05, 0.1) is 17.8 Å². The first-order valence-electron chi connectivity index (χ1n) is 6.13. The van der Waals surface area contributed by atoms with Gasteiger partial charge in [0.2, 0.25) is 0 Å². The summed E-state index contributed by atoms with van der Waals surface area (Å²) in [5, 5.41) is 0. The van der Waals surface area contributed by atoms with E-state index in [0.29, 0.717) is 0 Å². The van der Waals surface area contributed by atoms with Crippen molar-refractivity contribution in [2.24, 2.45) is 0 Å². The lowest BCUT2D eigenvalue weighted by atomic mass is 10.1. The second kappa shape index (κ2) is 4.52. The number of hydrogen-bond donors (Lipinski definition) is 0. The van der Waals surface area contributed by atoms with E-state index in [1.54, 1.807) is 12.4 Å². The van der Waals surface area contributed by atoms with Crippen molar-refractivity contribution in [2.45, 2.75) is 13.5 Å². The van der Waals surface area contributed by atoms with Crippen molar-refractivity contribution in [3.8, 4) is 0 Å². The minimum atomic E-state index is -0.702. The molecule has 20 heavy (non-hydrogen) atoms. The molecular weight excluding hydrogens is 259 g/mol. The van der Waals surface area contributed by atoms with E-state index in [-0.39, 0.29) is 17.8 Å². The number of carbonyl (C=O) groups is 2. The number of carbonyl (C=O) groups excluding carboxylic acids is 2. The van der Waals surface area contributed by atoms with E-state index in [1.165, 1.54) is 23.1 Å². The Morgan fingerprint density at radius 1 is 1.25 bits per heavy atom. The van der Waals surface area contributed by atoms with E-state index in [2.05, 4.69) is 4.98 Å². The first kappa shape index (κ1) is 12.5. The first-order valence-corrected chi connectivity index (χ1v) is 6.13. The van der Waals surface area contributed by atoms with E-state index in [0.717, 1.165) is 11.1 Å². The standard InChI is InChI=1S/C15H11FN2O2/c1-9-5-10(7-17-6-9)8-18-13-11(14(19)15(18)20)3-2-4-12(13)16/h2-7H,8H2,1H3. The largest absolute Gasteiger partial charge is 0.299 e. The predicted molar refractivity (Wildman–Crippen MR) is 70.9 cm³/mol. The summed E-state index contributed by atoms with van der Waals surface area (Å²) in [5.74, 6) is -1.94. The van der Waals surface area contributed by atoms with Crippen LogP contribution in [0, 0.1) is 12.7 Å². The highest BCUT2D eigenvalue weighted by molar-refractivity contribution is 6.52. The third-order valence-electron chi connectivity index (χ3n) is 3.21. The van der Waals surface area contributed by atoms with Gasteiger partial charge in [-0.2, -0.15) is 0 Å². The molecule has 1 aliphatic heterocycles. The van der Waals surface area contributed by atoms with Gasteiger partial charge in [0, 0.05) is 12.4 Å². The zero-order chi connectivity index (χ0) is 14.3. The molecule has 0 unspecified atom stereocenters. The van der Waals surface area contributed by atoms with Crippen LogP contribution in [-0.2, 0) is 11.3 Å². The van der Waals surface area contributed by atoms with Crippen LogP contribution in [0.3, 0.4) is 0 Å². The summed E-state index contributed by atoms with van der Waals surface area (Å²) in [6.45, 7) is 2.01. The Kier molecular flexibility index (Phi) is 2.82. The molecule has 0 saturated carbocycles. The van der Waals surface area contributed by atoms with Gasteiger partial charge in [0.1, 0.15) is 5.82 Å². The van der Waals surface area contributed by atoms with E-state index in [1.807, 2.05) is 13.0 Å². The molecule has 0 aliphatic carbocycles. The molecule has 4 nitrogen and oxygen atoms in total. The number of aryl methyl sites for hydroxylation is 1. The molecule has 3 rings (SSSR count). The average molecular weight is 270 g/mol. The molecule has 0 N–H and O–H groups in total. The Morgan fingerprint density at radius 2 is 2.05 bits per heavy atom. The van der Waals surface area contributed by atoms with Gasteiger partial charge in [-0.05, 0) is 30.2 Å². The second-order valence-corrected chi connectivity index (χ2v) is 4.73. The van der Waals surface area contributed by atoms with Crippen LogP contribution in [0.4, 0.5) is 10.1 Å². The van der Waals surface area contributed by atoms with Crippen LogP contribution >= 0.6 is 0 Å². The molecule has 0 spiro atoms. The summed E-state index contributed by atoms with van der Waals surface area (Å²) in [4.78, 5) is 29.0. The van der Waals surface area contributed by atoms with Gasteiger partial charge in [-0.15, -0.1) is 0 Å². The van der Waals surface area contributed by atoms with Gasteiger partial charge in [-0.25, -0.2) is 4.39 Å². The van der Waals surface area contributed by atoms with Crippen LogP contribution in [0.25, 0.3) is 0 Å². The SMILES string of the molecule is Cc1cncc(CN2C(=O)C(=O)c3cccc(F)c32)c1. The Morgan fingerprint density at radius 3 is 2.80 bits per heavy atom. The van der Waals surface area contributed by atoms with Crippen molar-refractivity contribution in [1.29, 1.82) is 0 Å². The zero-order valence-electron chi connectivity index (χ0n) is 10.8. The number of rotatable bonds is 2. The Bertz CT molecular complexity index is 728. The maximum absolute atomic E-state index is 13.9. The second-order valence-electron chi connectivity index (χ2n) is 4.73. The van der Waals surface area contributed by atoms with Gasteiger partial charge < -0.3 is 0 Å². The number of para-hydroxylation sites is 1. The third-order valence-corrected chi connectivity index (χ3v) is 3.21. The van der Waals surface area contributed by atoms with Crippen molar-refractivity contribution in [2.75, 3.05) is 4.90 Å². The monoisotopic (exact) mass is 270 g/mol. The molecule has 2 heterocycles. The summed E-state index contributed by atoms with van der Waals surface area (Å²) < 4.78 is 13.9. The number of fused-ring (bicyclic) bond motifs is 1. The molecule has 1 amide bonds. The highest BCUT2D eigenvalue weighted by atomic mass is 19.1. The van der Waals surface area contributed by atoms with Crippen LogP contribution in [0.2, 0.25) is 0 Å². The molecular formula is C15H11FN2O2. The molecule has 1 aromatic carbocycles. The maximum atomic E-state index is 13.9. The van der Waals surface area contributed by atoms with Gasteiger partial charge in [-0.3, -0.25) is 19.5 Å². The molecule has 100 valence electrons. The van der Waals surface area contributed by atoms with Gasteiger partial charge in [-0.1, -0.05) is 12.1 Å². The van der Waals surface area contributed by atoms with Crippen molar-refractivity contribution in [3.05, 3.63) is 59.2 Å². The maximum Gasteiger partial charge on any atom is 0.299 e. The molecule has 2 aromatic rings. The summed E-state index contributed by atoms with van der Waals surface area (Å²) in [5.41, 5.74) is 1.87. The van der Waals surface area contributed by atoms with Crippen molar-refractivity contribution in [3.63, 3.8) is 0 Å². The lowest BCUT2D eigenvalue weighted by Crippen LogP contribution is -2.29. The number of nitrogens with zero attached hydrogens (tertiary/aromatic N) is 2. The summed E-state index contributed by atoms with van der Waals surface area (Å²) >= 11 is 0. The van der Waals surface area contributed by atoms with E-state index in [4.69, 9.17) is 0 Å². The summed E-state index contributed by atoms with van der Waals surface area (Å²) in [7, 11) is 0. The van der Waals surface area contributed by atoms with Crippen LogP contribution in [0.5, 0.6) is 0 Å². The lowest BCUT2D eigenvalue weighted by molar-refractivity contribution is -0.114. The normalized spacial score (nSPS) is 13.8. The molecule has 1 aliphatic rings. The molecule has 5 heteroatoms. The first-order chi connectivity index (χ1) is 9.58. The number of hydrogen-bond acceptors (Lipinski definition) is 3. The fraction of sp³-hybridized carbons (Fsp3) is 0.133. The average Bonchev–Trinajstić information content (AvgIpc) is 2.66. The van der Waals surface area contributed by atoms with E-state index in [9.17, 15) is 14.0 Å². The smallest absolute Gasteiger partial charge is 0.297 e. The van der Waals surface area contributed by atoms with Crippen LogP contribution in [0.15, 0.2) is 36.7 Å². The Labute approximate surface area is 114 Å². The van der Waals surface area contributed by atoms with E-state index < -0.39 is 17.5 Å². The van der Waals surface area contributed by atoms with Gasteiger partial charge in [0.25, 0.3) is 11.7 Å². The Hall–Kier alpha value is -2.56. The number of aromatic nitrogens is 1. The van der Waals surface area contributed by atoms with Crippen molar-refractivity contribution < 1.29 is 14.0 Å². The van der Waals surface area contributed by atoms with Crippen LogP contribution in [0.1, 0.15) is 21.5 Å². The van der Waals surface area contributed by atoms with Crippen molar-refractivity contribution in [1.82, 2.24) is 4.98 Å². The topological polar surface area (TPSA) is 50.3 Å². The number of Topliss-reactive ketones (excluding diaryl/α,β-unsaturated/α-hetero) is 1. The van der Waals surface area contributed by atoms with E-state index >= 15 is 0 Å². The lowest BCUT2D eigenvalue weighted by Gasteiger charge is -2.17. The Balaban J connectivity index is 2.03. The minimum Gasteiger partial charge on any atom is -0.297 e. The number of ketones is 1. The summed E-state index contributed by atoms with van der Waals surface area (Å²) in [6.07, 6.45) is 3.29. The molecule has 0 fully saturated rings. The van der Waals surface area contributed by atoms with Gasteiger partial charge >= 0.3 is 0 Å². The molecule has 0 bridgehead atoms. The molecule has 0 radical (unpaired) electrons.